The van der Waals surface area contributed by atoms with Gasteiger partial charge >= 0.3 is 0 Å². The fourth-order valence-corrected chi connectivity index (χ4v) is 3.25. The lowest BCUT2D eigenvalue weighted by molar-refractivity contribution is -0.914. The average molecular weight is 317 g/mol. The van der Waals surface area contributed by atoms with Gasteiger partial charge in [-0.15, -0.1) is 0 Å². The van der Waals surface area contributed by atoms with E-state index in [1.165, 1.54) is 39.9 Å². The molecule has 0 aromatic heterocycles. The van der Waals surface area contributed by atoms with Crippen molar-refractivity contribution >= 4 is 5.69 Å². The minimum Gasteiger partial charge on any atom is -0.360 e. The number of halogens is 2. The molecule has 3 rings (SSSR count). The maximum atomic E-state index is 13.8. The smallest absolute Gasteiger partial charge is 0.132 e. The Morgan fingerprint density at radius 2 is 1.74 bits per heavy atom. The number of quaternary nitrogens is 1. The van der Waals surface area contributed by atoms with Gasteiger partial charge in [0.15, 0.2) is 0 Å². The van der Waals surface area contributed by atoms with E-state index < -0.39 is 0 Å². The molecule has 0 amide bonds. The number of nitrogens with zero attached hydrogens (tertiary/aromatic N) is 1. The first-order valence-corrected chi connectivity index (χ1v) is 8.12. The molecular formula is C19H23F2N2+. The summed E-state index contributed by atoms with van der Waals surface area (Å²) in [5, 5.41) is 0. The van der Waals surface area contributed by atoms with Gasteiger partial charge in [-0.2, -0.15) is 0 Å². The molecule has 0 atom stereocenters. The number of benzene rings is 2. The van der Waals surface area contributed by atoms with Crippen LogP contribution in [0.5, 0.6) is 0 Å². The van der Waals surface area contributed by atoms with E-state index in [-0.39, 0.29) is 11.6 Å². The number of hydrogen-bond donors (Lipinski definition) is 1. The topological polar surface area (TPSA) is 7.68 Å². The van der Waals surface area contributed by atoms with Crippen LogP contribution in [0.1, 0.15) is 16.7 Å². The molecule has 2 aromatic rings. The highest BCUT2D eigenvalue weighted by molar-refractivity contribution is 5.55. The van der Waals surface area contributed by atoms with Crippen LogP contribution in [0.15, 0.2) is 36.4 Å². The van der Waals surface area contributed by atoms with E-state index in [1.54, 1.807) is 0 Å². The molecule has 0 unspecified atom stereocenters. The van der Waals surface area contributed by atoms with E-state index in [1.807, 2.05) is 0 Å². The van der Waals surface area contributed by atoms with Crippen LogP contribution < -0.4 is 9.80 Å². The number of hydrogen-bond acceptors (Lipinski definition) is 1. The molecule has 2 aromatic carbocycles. The summed E-state index contributed by atoms with van der Waals surface area (Å²) in [4.78, 5) is 3.70. The molecule has 23 heavy (non-hydrogen) atoms. The quantitative estimate of drug-likeness (QED) is 0.914. The average Bonchev–Trinajstić information content (AvgIpc) is 2.54. The van der Waals surface area contributed by atoms with E-state index >= 15 is 0 Å². The van der Waals surface area contributed by atoms with Gasteiger partial charge in [0, 0.05) is 11.3 Å². The van der Waals surface area contributed by atoms with Crippen LogP contribution in [0, 0.1) is 25.5 Å². The molecule has 0 aliphatic carbocycles. The summed E-state index contributed by atoms with van der Waals surface area (Å²) in [6.07, 6.45) is 0. The maximum Gasteiger partial charge on any atom is 0.132 e. The Morgan fingerprint density at radius 3 is 2.48 bits per heavy atom. The van der Waals surface area contributed by atoms with Crippen LogP contribution in [0.2, 0.25) is 0 Å². The number of aryl methyl sites for hydroxylation is 2. The van der Waals surface area contributed by atoms with Gasteiger partial charge in [0.2, 0.25) is 0 Å². The Bertz CT molecular complexity index is 692. The van der Waals surface area contributed by atoms with Crippen molar-refractivity contribution in [3.8, 4) is 0 Å². The monoisotopic (exact) mass is 317 g/mol. The number of piperazine rings is 1. The number of nitrogens with one attached hydrogen (secondary N) is 1. The lowest BCUT2D eigenvalue weighted by atomic mass is 10.1. The van der Waals surface area contributed by atoms with Crippen LogP contribution in [0.3, 0.4) is 0 Å². The van der Waals surface area contributed by atoms with Crippen LogP contribution in [0.4, 0.5) is 14.5 Å². The SMILES string of the molecule is Cc1ccc(C)c(N2CC[NH+](Cc3cc(F)ccc3F)CC2)c1. The van der Waals surface area contributed by atoms with Gasteiger partial charge < -0.3 is 9.80 Å². The number of rotatable bonds is 3. The van der Waals surface area contributed by atoms with Crippen LogP contribution in [-0.2, 0) is 6.54 Å². The van der Waals surface area contributed by atoms with E-state index in [2.05, 4.69) is 36.9 Å². The van der Waals surface area contributed by atoms with Crippen molar-refractivity contribution in [2.75, 3.05) is 31.1 Å². The Balaban J connectivity index is 1.64. The summed E-state index contributed by atoms with van der Waals surface area (Å²) in [6.45, 7) is 8.54. The summed E-state index contributed by atoms with van der Waals surface area (Å²) < 4.78 is 27.1. The van der Waals surface area contributed by atoms with Crippen LogP contribution in [-0.4, -0.2) is 26.2 Å². The largest absolute Gasteiger partial charge is 0.360 e. The van der Waals surface area contributed by atoms with E-state index in [9.17, 15) is 8.78 Å². The summed E-state index contributed by atoms with van der Waals surface area (Å²) in [5.41, 5.74) is 4.32. The first kappa shape index (κ1) is 15.9. The zero-order valence-electron chi connectivity index (χ0n) is 13.7. The normalized spacial score (nSPS) is 15.9. The predicted octanol–water partition coefficient (Wildman–Crippen LogP) is 2.49. The van der Waals surface area contributed by atoms with Crippen molar-refractivity contribution in [1.82, 2.24) is 0 Å². The van der Waals surface area contributed by atoms with Gasteiger partial charge in [-0.05, 0) is 49.2 Å². The molecule has 4 heteroatoms. The van der Waals surface area contributed by atoms with Gasteiger partial charge in [-0.25, -0.2) is 8.78 Å². The minimum absolute atomic E-state index is 0.309. The van der Waals surface area contributed by atoms with Gasteiger partial charge in [0.05, 0.1) is 26.2 Å². The number of anilines is 1. The van der Waals surface area contributed by atoms with Crippen molar-refractivity contribution < 1.29 is 13.7 Å². The highest BCUT2D eigenvalue weighted by Crippen LogP contribution is 2.21. The molecule has 1 fully saturated rings. The lowest BCUT2D eigenvalue weighted by Gasteiger charge is -2.34. The highest BCUT2D eigenvalue weighted by atomic mass is 19.1. The van der Waals surface area contributed by atoms with Gasteiger partial charge in [0.25, 0.3) is 0 Å². The van der Waals surface area contributed by atoms with E-state index in [0.29, 0.717) is 12.1 Å². The van der Waals surface area contributed by atoms with E-state index in [0.717, 1.165) is 26.2 Å². The zero-order chi connectivity index (χ0) is 16.4. The molecule has 1 aliphatic heterocycles. The molecule has 1 heterocycles. The first-order valence-electron chi connectivity index (χ1n) is 8.12. The van der Waals surface area contributed by atoms with Crippen LogP contribution in [0.25, 0.3) is 0 Å². The Labute approximate surface area is 136 Å². The van der Waals surface area contributed by atoms with Crippen molar-refractivity contribution in [1.29, 1.82) is 0 Å². The molecule has 2 nitrogen and oxygen atoms in total. The fraction of sp³-hybridized carbons (Fsp3) is 0.368. The summed E-state index contributed by atoms with van der Waals surface area (Å²) >= 11 is 0. The molecule has 0 radical (unpaired) electrons. The second-order valence-electron chi connectivity index (χ2n) is 6.44. The molecule has 1 saturated heterocycles. The molecule has 1 N–H and O–H groups in total. The predicted molar refractivity (Wildman–Crippen MR) is 88.9 cm³/mol. The van der Waals surface area contributed by atoms with E-state index in [4.69, 9.17) is 0 Å². The van der Waals surface area contributed by atoms with Crippen molar-refractivity contribution in [3.63, 3.8) is 0 Å². The molecular weight excluding hydrogens is 294 g/mol. The second kappa shape index (κ2) is 6.67. The summed E-state index contributed by atoms with van der Waals surface area (Å²) in [5.74, 6) is -0.675. The maximum absolute atomic E-state index is 13.8. The molecule has 0 spiro atoms. The third-order valence-corrected chi connectivity index (χ3v) is 4.62. The van der Waals surface area contributed by atoms with Crippen molar-refractivity contribution in [2.45, 2.75) is 20.4 Å². The third kappa shape index (κ3) is 3.70. The van der Waals surface area contributed by atoms with Crippen molar-refractivity contribution in [2.24, 2.45) is 0 Å². The summed E-state index contributed by atoms with van der Waals surface area (Å²) in [6, 6.07) is 10.2. The van der Waals surface area contributed by atoms with Crippen LogP contribution >= 0.6 is 0 Å². The molecule has 0 saturated carbocycles. The fourth-order valence-electron chi connectivity index (χ4n) is 3.25. The Kier molecular flexibility index (Phi) is 4.62. The third-order valence-electron chi connectivity index (χ3n) is 4.62. The Hall–Kier alpha value is -1.94. The lowest BCUT2D eigenvalue weighted by Crippen LogP contribution is -3.13. The molecule has 1 aliphatic rings. The van der Waals surface area contributed by atoms with Gasteiger partial charge in [-0.1, -0.05) is 12.1 Å². The van der Waals surface area contributed by atoms with Crippen molar-refractivity contribution in [3.05, 3.63) is 64.7 Å². The molecule has 122 valence electrons. The Morgan fingerprint density at radius 1 is 1.00 bits per heavy atom. The van der Waals surface area contributed by atoms with Gasteiger partial charge in [0.1, 0.15) is 18.2 Å². The highest BCUT2D eigenvalue weighted by Gasteiger charge is 2.22. The first-order chi connectivity index (χ1) is 11.0. The minimum atomic E-state index is -0.366. The standard InChI is InChI=1S/C19H22F2N2/c1-14-3-4-15(2)19(11-14)23-9-7-22(8-10-23)13-16-12-17(20)5-6-18(16)21/h3-6,11-12H,7-10,13H2,1-2H3/p+1. The molecule has 0 bridgehead atoms. The zero-order valence-corrected chi connectivity index (χ0v) is 13.7. The second-order valence-corrected chi connectivity index (χ2v) is 6.44. The van der Waals surface area contributed by atoms with Gasteiger partial charge in [-0.3, -0.25) is 0 Å². The summed E-state index contributed by atoms with van der Waals surface area (Å²) in [7, 11) is 0.